The molecule has 6 nitrogen and oxygen atoms in total. The number of hydrogen-bond acceptors (Lipinski definition) is 8. The molecule has 0 unspecified atom stereocenters. The summed E-state index contributed by atoms with van der Waals surface area (Å²) in [6.07, 6.45) is 0. The highest BCUT2D eigenvalue weighted by atomic mass is 32.2. The molecule has 0 aromatic rings. The minimum absolute atomic E-state index is 0.637. The predicted molar refractivity (Wildman–Crippen MR) is 126 cm³/mol. The molecule has 0 amide bonds. The first kappa shape index (κ1) is 28.9. The lowest BCUT2D eigenvalue weighted by atomic mass is 10.9. The Morgan fingerprint density at radius 1 is 0.429 bits per heavy atom. The maximum absolute atomic E-state index is 5.90. The highest BCUT2D eigenvalue weighted by molar-refractivity contribution is 8.03. The fourth-order valence-corrected chi connectivity index (χ4v) is 11.2. The van der Waals surface area contributed by atoms with Crippen LogP contribution in [-0.2, 0) is 26.6 Å². The van der Waals surface area contributed by atoms with Crippen molar-refractivity contribution in [3.8, 4) is 0 Å². The largest absolute Gasteiger partial charge is 0.501 e. The quantitative estimate of drug-likeness (QED) is 0.177. The fourth-order valence-electron chi connectivity index (χ4n) is 2.72. The van der Waals surface area contributed by atoms with E-state index in [1.807, 2.05) is 65.1 Å². The van der Waals surface area contributed by atoms with Crippen molar-refractivity contribution in [1.29, 1.82) is 0 Å². The van der Waals surface area contributed by atoms with Crippen molar-refractivity contribution in [3.63, 3.8) is 0 Å². The first-order valence-corrected chi connectivity index (χ1v) is 16.7. The van der Waals surface area contributed by atoms with Gasteiger partial charge in [-0.2, -0.15) is 23.5 Å². The van der Waals surface area contributed by atoms with Gasteiger partial charge in [-0.15, -0.1) is 0 Å². The topological polar surface area (TPSA) is 55.4 Å². The van der Waals surface area contributed by atoms with Crippen LogP contribution in [0.15, 0.2) is 0 Å². The summed E-state index contributed by atoms with van der Waals surface area (Å²) >= 11 is 3.88. The third kappa shape index (κ3) is 12.6. The first-order chi connectivity index (χ1) is 13.6. The molecule has 0 atom stereocenters. The molecule has 0 saturated carbocycles. The van der Waals surface area contributed by atoms with Crippen molar-refractivity contribution in [3.05, 3.63) is 0 Å². The third-order valence-corrected chi connectivity index (χ3v) is 12.7. The molecule has 0 spiro atoms. The van der Waals surface area contributed by atoms with Crippen LogP contribution in [0, 0.1) is 0 Å². The number of hydrogen-bond donors (Lipinski definition) is 0. The van der Waals surface area contributed by atoms with Crippen LogP contribution in [0.4, 0.5) is 0 Å². The molecular formula is C18H42O6S2Si2. The van der Waals surface area contributed by atoms with Crippen LogP contribution in [-0.4, -0.2) is 80.3 Å². The van der Waals surface area contributed by atoms with E-state index in [2.05, 4.69) is 0 Å². The lowest BCUT2D eigenvalue weighted by Gasteiger charge is -2.28. The molecule has 0 aromatic carbocycles. The van der Waals surface area contributed by atoms with Gasteiger partial charge in [0, 0.05) is 63.2 Å². The van der Waals surface area contributed by atoms with Crippen molar-refractivity contribution in [1.82, 2.24) is 0 Å². The second-order valence-corrected chi connectivity index (χ2v) is 13.6. The van der Waals surface area contributed by atoms with E-state index in [4.69, 9.17) is 26.6 Å². The van der Waals surface area contributed by atoms with Crippen molar-refractivity contribution in [2.24, 2.45) is 0 Å². The molecule has 28 heavy (non-hydrogen) atoms. The van der Waals surface area contributed by atoms with Crippen molar-refractivity contribution >= 4 is 41.1 Å². The summed E-state index contributed by atoms with van der Waals surface area (Å²) in [6, 6.07) is 1.74. The van der Waals surface area contributed by atoms with Gasteiger partial charge in [-0.05, 0) is 53.0 Å². The van der Waals surface area contributed by atoms with Crippen LogP contribution in [0.2, 0.25) is 12.1 Å². The molecule has 10 heteroatoms. The molecule has 0 aliphatic heterocycles. The average molecular weight is 475 g/mol. The van der Waals surface area contributed by atoms with E-state index in [0.29, 0.717) is 39.6 Å². The van der Waals surface area contributed by atoms with Gasteiger partial charge >= 0.3 is 17.6 Å². The molecule has 0 heterocycles. The molecule has 0 N–H and O–H groups in total. The molecule has 0 aliphatic rings. The molecule has 0 saturated heterocycles. The van der Waals surface area contributed by atoms with Gasteiger partial charge in [-0.25, -0.2) is 0 Å². The van der Waals surface area contributed by atoms with Crippen molar-refractivity contribution in [2.75, 3.05) is 62.7 Å². The van der Waals surface area contributed by atoms with Gasteiger partial charge in [-0.3, -0.25) is 0 Å². The summed E-state index contributed by atoms with van der Waals surface area (Å²) in [4.78, 5) is 0. The summed E-state index contributed by atoms with van der Waals surface area (Å²) in [5.41, 5.74) is 0. The van der Waals surface area contributed by atoms with E-state index in [-0.39, 0.29) is 0 Å². The average Bonchev–Trinajstić information content (AvgIpc) is 2.65. The fraction of sp³-hybridized carbons (Fsp3) is 1.00. The number of rotatable bonds is 21. The Balaban J connectivity index is 4.14. The highest BCUT2D eigenvalue weighted by Gasteiger charge is 2.40. The summed E-state index contributed by atoms with van der Waals surface area (Å²) in [5, 5.41) is 0. The molecule has 0 aliphatic carbocycles. The lowest BCUT2D eigenvalue weighted by Crippen LogP contribution is -2.46. The molecule has 0 radical (unpaired) electrons. The van der Waals surface area contributed by atoms with Gasteiger partial charge in [0.1, 0.15) is 0 Å². The van der Waals surface area contributed by atoms with Gasteiger partial charge < -0.3 is 26.6 Å². The van der Waals surface area contributed by atoms with E-state index in [0.717, 1.165) is 35.1 Å². The summed E-state index contributed by atoms with van der Waals surface area (Å²) in [7, 11) is -4.99. The Hall–Kier alpha value is 0.894. The van der Waals surface area contributed by atoms with Gasteiger partial charge in [0.05, 0.1) is 0 Å². The standard InChI is InChI=1S/C18H42O6S2Si2/c1-7-19-27(20-8-2,21-9-3)17-15-25-13-14-26-16-18-28(22-10-4,23-11-5)24-12-6/h7-18H2,1-6H3. The minimum Gasteiger partial charge on any atom is -0.374 e. The van der Waals surface area contributed by atoms with Gasteiger partial charge in [0.2, 0.25) is 0 Å². The van der Waals surface area contributed by atoms with Crippen LogP contribution in [0.1, 0.15) is 41.5 Å². The van der Waals surface area contributed by atoms with Crippen LogP contribution in [0.5, 0.6) is 0 Å². The zero-order valence-electron chi connectivity index (χ0n) is 18.8. The van der Waals surface area contributed by atoms with Crippen LogP contribution >= 0.6 is 23.5 Å². The van der Waals surface area contributed by atoms with E-state index < -0.39 is 17.6 Å². The molecule has 0 rings (SSSR count). The van der Waals surface area contributed by atoms with E-state index in [1.165, 1.54) is 0 Å². The first-order valence-electron chi connectivity index (χ1n) is 10.6. The normalized spacial score (nSPS) is 12.6. The van der Waals surface area contributed by atoms with E-state index in [1.54, 1.807) is 0 Å². The lowest BCUT2D eigenvalue weighted by molar-refractivity contribution is 0.0720. The zero-order chi connectivity index (χ0) is 21.1. The minimum atomic E-state index is -2.49. The smallest absolute Gasteiger partial charge is 0.374 e. The van der Waals surface area contributed by atoms with Gasteiger partial charge in [0.15, 0.2) is 0 Å². The zero-order valence-corrected chi connectivity index (χ0v) is 22.4. The summed E-state index contributed by atoms with van der Waals surface area (Å²) in [6.45, 7) is 15.8. The van der Waals surface area contributed by atoms with Crippen molar-refractivity contribution < 1.29 is 26.6 Å². The molecule has 0 aromatic heterocycles. The Kier molecular flexibility index (Phi) is 19.2. The van der Waals surface area contributed by atoms with E-state index >= 15 is 0 Å². The Labute approximate surface area is 183 Å². The van der Waals surface area contributed by atoms with Gasteiger partial charge in [-0.1, -0.05) is 0 Å². The molecule has 0 bridgehead atoms. The number of thioether (sulfide) groups is 2. The molecule has 170 valence electrons. The summed E-state index contributed by atoms with van der Waals surface area (Å²) < 4.78 is 35.4. The van der Waals surface area contributed by atoms with Crippen LogP contribution in [0.3, 0.4) is 0 Å². The second kappa shape index (κ2) is 18.6. The maximum atomic E-state index is 5.90. The van der Waals surface area contributed by atoms with Crippen molar-refractivity contribution in [2.45, 2.75) is 53.6 Å². The monoisotopic (exact) mass is 474 g/mol. The Bertz CT molecular complexity index is 290. The Morgan fingerprint density at radius 3 is 0.893 bits per heavy atom. The van der Waals surface area contributed by atoms with Gasteiger partial charge in [0.25, 0.3) is 0 Å². The van der Waals surface area contributed by atoms with Crippen LogP contribution in [0.25, 0.3) is 0 Å². The maximum Gasteiger partial charge on any atom is 0.501 e. The summed E-state index contributed by atoms with van der Waals surface area (Å²) in [5.74, 6) is 4.21. The molecule has 0 fully saturated rings. The second-order valence-electron chi connectivity index (χ2n) is 5.69. The Morgan fingerprint density at radius 2 is 0.679 bits per heavy atom. The SMILES string of the molecule is CCO[Si](CCSCCSCC[Si](OCC)(OCC)OCC)(OCC)OCC. The molecular weight excluding hydrogens is 432 g/mol. The third-order valence-electron chi connectivity index (χ3n) is 3.66. The van der Waals surface area contributed by atoms with Crippen LogP contribution < -0.4 is 0 Å². The van der Waals surface area contributed by atoms with E-state index in [9.17, 15) is 0 Å². The predicted octanol–water partition coefficient (Wildman–Crippen LogP) is 4.55. The highest BCUT2D eigenvalue weighted by Crippen LogP contribution is 2.22.